The van der Waals surface area contributed by atoms with Gasteiger partial charge in [0.05, 0.1) is 19.3 Å². The summed E-state index contributed by atoms with van der Waals surface area (Å²) >= 11 is 0. The van der Waals surface area contributed by atoms with Crippen LogP contribution in [0.15, 0.2) is 0 Å². The minimum absolute atomic E-state index is 0.101. The van der Waals surface area contributed by atoms with Gasteiger partial charge in [0.15, 0.2) is 0 Å². The molecular formula is C15H26N2O4. The predicted molar refractivity (Wildman–Crippen MR) is 78.1 cm³/mol. The second-order valence-corrected chi connectivity index (χ2v) is 6.38. The zero-order valence-electron chi connectivity index (χ0n) is 13.1. The Hall–Kier alpha value is -1.30. The topological polar surface area (TPSA) is 70.1 Å². The number of likely N-dealkylation sites (N-methyl/N-ethyl adjacent to an activating group) is 1. The lowest BCUT2D eigenvalue weighted by molar-refractivity contribution is -0.142. The molecule has 6 nitrogen and oxygen atoms in total. The van der Waals surface area contributed by atoms with Gasteiger partial charge >= 0.3 is 12.0 Å². The van der Waals surface area contributed by atoms with Crippen LogP contribution in [-0.4, -0.2) is 66.3 Å². The second-order valence-electron chi connectivity index (χ2n) is 6.38. The van der Waals surface area contributed by atoms with E-state index in [9.17, 15) is 14.7 Å². The Kier molecular flexibility index (Phi) is 5.08. The highest BCUT2D eigenvalue weighted by Crippen LogP contribution is 2.29. The summed E-state index contributed by atoms with van der Waals surface area (Å²) in [6.45, 7) is 2.67. The van der Waals surface area contributed by atoms with Crippen LogP contribution in [0.2, 0.25) is 0 Å². The molecule has 2 rings (SSSR count). The molecule has 1 heterocycles. The number of carboxylic acid groups (broad SMARTS) is 1. The molecule has 0 spiro atoms. The van der Waals surface area contributed by atoms with E-state index in [1.165, 1.54) is 6.42 Å². The number of nitrogens with zero attached hydrogens (tertiary/aromatic N) is 2. The van der Waals surface area contributed by atoms with Crippen LogP contribution >= 0.6 is 0 Å². The van der Waals surface area contributed by atoms with Crippen molar-refractivity contribution in [1.29, 1.82) is 0 Å². The van der Waals surface area contributed by atoms with Crippen LogP contribution in [0.5, 0.6) is 0 Å². The average Bonchev–Trinajstić information content (AvgIpc) is 2.95. The van der Waals surface area contributed by atoms with Crippen molar-refractivity contribution in [1.82, 2.24) is 9.80 Å². The van der Waals surface area contributed by atoms with E-state index in [0.29, 0.717) is 12.5 Å². The van der Waals surface area contributed by atoms with Crippen molar-refractivity contribution in [2.24, 2.45) is 11.8 Å². The van der Waals surface area contributed by atoms with Gasteiger partial charge in [0.1, 0.15) is 5.92 Å². The molecule has 4 unspecified atom stereocenters. The van der Waals surface area contributed by atoms with Gasteiger partial charge in [0, 0.05) is 20.1 Å². The first-order chi connectivity index (χ1) is 9.93. The number of carbonyl (C=O) groups is 2. The molecule has 6 heteroatoms. The highest BCUT2D eigenvalue weighted by molar-refractivity contribution is 5.77. The van der Waals surface area contributed by atoms with Crippen LogP contribution in [-0.2, 0) is 9.53 Å². The molecule has 1 saturated carbocycles. The van der Waals surface area contributed by atoms with Gasteiger partial charge in [-0.1, -0.05) is 19.8 Å². The first-order valence-corrected chi connectivity index (χ1v) is 7.73. The van der Waals surface area contributed by atoms with E-state index in [-0.39, 0.29) is 24.7 Å². The molecule has 1 saturated heterocycles. The van der Waals surface area contributed by atoms with Gasteiger partial charge in [-0.15, -0.1) is 0 Å². The number of carbonyl (C=O) groups excluding carboxylic acids is 1. The molecule has 120 valence electrons. The zero-order chi connectivity index (χ0) is 15.6. The Morgan fingerprint density at radius 3 is 2.29 bits per heavy atom. The number of ether oxygens (including phenoxy) is 1. The van der Waals surface area contributed by atoms with E-state index in [1.807, 2.05) is 7.05 Å². The lowest BCUT2D eigenvalue weighted by Crippen LogP contribution is -2.53. The molecular weight excluding hydrogens is 272 g/mol. The van der Waals surface area contributed by atoms with Crippen LogP contribution < -0.4 is 0 Å². The first-order valence-electron chi connectivity index (χ1n) is 7.73. The molecule has 2 aliphatic rings. The lowest BCUT2D eigenvalue weighted by atomic mass is 9.85. The Morgan fingerprint density at radius 2 is 1.67 bits per heavy atom. The number of amides is 2. The average molecular weight is 298 g/mol. The second kappa shape index (κ2) is 6.64. The quantitative estimate of drug-likeness (QED) is 0.860. The summed E-state index contributed by atoms with van der Waals surface area (Å²) in [7, 11) is 3.51. The summed E-state index contributed by atoms with van der Waals surface area (Å²) in [5.41, 5.74) is 0. The van der Waals surface area contributed by atoms with Gasteiger partial charge in [-0.3, -0.25) is 4.79 Å². The normalized spacial score (nSPS) is 32.7. The van der Waals surface area contributed by atoms with E-state index in [2.05, 4.69) is 6.92 Å². The first kappa shape index (κ1) is 16.1. The Labute approximate surface area is 126 Å². The Morgan fingerprint density at radius 1 is 1.05 bits per heavy atom. The van der Waals surface area contributed by atoms with E-state index >= 15 is 0 Å². The third-order valence-electron chi connectivity index (χ3n) is 5.03. The third-order valence-corrected chi connectivity index (χ3v) is 5.03. The van der Waals surface area contributed by atoms with Crippen molar-refractivity contribution in [2.75, 3.05) is 27.3 Å². The van der Waals surface area contributed by atoms with Crippen molar-refractivity contribution >= 4 is 12.0 Å². The fourth-order valence-electron chi connectivity index (χ4n) is 3.57. The third kappa shape index (κ3) is 3.31. The van der Waals surface area contributed by atoms with Gasteiger partial charge in [-0.2, -0.15) is 0 Å². The molecule has 1 N–H and O–H groups in total. The molecule has 1 aliphatic carbocycles. The molecule has 1 aliphatic heterocycles. The molecule has 21 heavy (non-hydrogen) atoms. The van der Waals surface area contributed by atoms with Crippen LogP contribution in [0.1, 0.15) is 32.6 Å². The summed E-state index contributed by atoms with van der Waals surface area (Å²) in [6, 6.07) is -0.230. The van der Waals surface area contributed by atoms with Gasteiger partial charge in [-0.25, -0.2) is 4.79 Å². The van der Waals surface area contributed by atoms with Crippen LogP contribution in [0.3, 0.4) is 0 Å². The van der Waals surface area contributed by atoms with Gasteiger partial charge in [0.25, 0.3) is 0 Å². The monoisotopic (exact) mass is 298 g/mol. The van der Waals surface area contributed by atoms with Crippen LogP contribution in [0, 0.1) is 11.8 Å². The van der Waals surface area contributed by atoms with Crippen molar-refractivity contribution in [3.05, 3.63) is 0 Å². The summed E-state index contributed by atoms with van der Waals surface area (Å²) in [5, 5.41) is 9.21. The molecule has 0 aromatic heterocycles. The smallest absolute Gasteiger partial charge is 0.320 e. The highest BCUT2D eigenvalue weighted by atomic mass is 16.5. The number of aliphatic carboxylic acids is 1. The standard InChI is InChI=1S/C15H26N2O4/c1-10-6-4-5-7-12(10)16(2)15(20)17(3)13-9-21-8-11(13)14(18)19/h10-13H,4-9H2,1-3H3,(H,18,19). The van der Waals surface area contributed by atoms with Crippen molar-refractivity contribution in [2.45, 2.75) is 44.7 Å². The number of hydrogen-bond donors (Lipinski definition) is 1. The maximum atomic E-state index is 12.6. The van der Waals surface area contributed by atoms with E-state index in [1.54, 1.807) is 16.8 Å². The van der Waals surface area contributed by atoms with E-state index < -0.39 is 11.9 Å². The molecule has 0 bridgehead atoms. The van der Waals surface area contributed by atoms with E-state index in [0.717, 1.165) is 19.3 Å². The molecule has 0 aromatic rings. The van der Waals surface area contributed by atoms with E-state index in [4.69, 9.17) is 4.74 Å². The summed E-state index contributed by atoms with van der Waals surface area (Å²) in [6.07, 6.45) is 4.56. The lowest BCUT2D eigenvalue weighted by Gasteiger charge is -2.39. The number of rotatable bonds is 3. The summed E-state index contributed by atoms with van der Waals surface area (Å²) in [4.78, 5) is 27.2. The summed E-state index contributed by atoms with van der Waals surface area (Å²) < 4.78 is 5.26. The van der Waals surface area contributed by atoms with Gasteiger partial charge in [-0.05, 0) is 18.8 Å². The van der Waals surface area contributed by atoms with Gasteiger partial charge in [0.2, 0.25) is 0 Å². The van der Waals surface area contributed by atoms with Crippen LogP contribution in [0.25, 0.3) is 0 Å². The zero-order valence-corrected chi connectivity index (χ0v) is 13.1. The number of urea groups is 1. The summed E-state index contributed by atoms with van der Waals surface area (Å²) in [5.74, 6) is -1.03. The molecule has 2 amide bonds. The Bertz CT molecular complexity index is 401. The highest BCUT2D eigenvalue weighted by Gasteiger charge is 2.40. The molecule has 4 atom stereocenters. The largest absolute Gasteiger partial charge is 0.481 e. The van der Waals surface area contributed by atoms with Crippen LogP contribution in [0.4, 0.5) is 4.79 Å². The minimum Gasteiger partial charge on any atom is -0.481 e. The van der Waals surface area contributed by atoms with Gasteiger partial charge < -0.3 is 19.6 Å². The number of hydrogen-bond acceptors (Lipinski definition) is 3. The van der Waals surface area contributed by atoms with Crippen molar-refractivity contribution < 1.29 is 19.4 Å². The van der Waals surface area contributed by atoms with Crippen molar-refractivity contribution in [3.63, 3.8) is 0 Å². The fourth-order valence-corrected chi connectivity index (χ4v) is 3.57. The predicted octanol–water partition coefficient (Wildman–Crippen LogP) is 1.65. The molecule has 0 aromatic carbocycles. The number of carboxylic acids is 1. The maximum Gasteiger partial charge on any atom is 0.320 e. The minimum atomic E-state index is -0.897. The van der Waals surface area contributed by atoms with Crippen molar-refractivity contribution in [3.8, 4) is 0 Å². The maximum absolute atomic E-state index is 12.6. The molecule has 0 radical (unpaired) electrons. The molecule has 2 fully saturated rings. The fraction of sp³-hybridized carbons (Fsp3) is 0.867. The SMILES string of the molecule is CC1CCCCC1N(C)C(=O)N(C)C1COCC1C(=O)O. The Balaban J connectivity index is 2.02.